The largest absolute Gasteiger partial charge is 0.507 e. The smallest absolute Gasteiger partial charge is 0.255 e. The second-order valence-corrected chi connectivity index (χ2v) is 3.97. The molecule has 1 atom stereocenters. The molecule has 1 rings (SSSR count). The molecule has 0 aliphatic rings. The Morgan fingerprint density at radius 1 is 1.50 bits per heavy atom. The van der Waals surface area contributed by atoms with Crippen LogP contribution in [0.4, 0.5) is 0 Å². The van der Waals surface area contributed by atoms with Crippen molar-refractivity contribution in [2.75, 3.05) is 13.7 Å². The number of carbonyl (C=O) groups is 1. The third kappa shape index (κ3) is 3.63. The van der Waals surface area contributed by atoms with Gasteiger partial charge in [-0.1, -0.05) is 6.92 Å². The summed E-state index contributed by atoms with van der Waals surface area (Å²) in [4.78, 5) is 11.9. The first-order valence-electron chi connectivity index (χ1n) is 5.91. The molecule has 1 amide bonds. The van der Waals surface area contributed by atoms with E-state index in [-0.39, 0.29) is 29.9 Å². The van der Waals surface area contributed by atoms with E-state index in [9.17, 15) is 9.90 Å². The number of ether oxygens (including phenoxy) is 1. The Balaban J connectivity index is 2.77. The van der Waals surface area contributed by atoms with Crippen molar-refractivity contribution >= 4 is 5.91 Å². The van der Waals surface area contributed by atoms with Crippen LogP contribution in [0.3, 0.4) is 0 Å². The zero-order valence-corrected chi connectivity index (χ0v) is 10.6. The summed E-state index contributed by atoms with van der Waals surface area (Å²) < 4.78 is 4.95. The molecule has 0 fully saturated rings. The average Bonchev–Trinajstić information content (AvgIpc) is 2.37. The summed E-state index contributed by atoms with van der Waals surface area (Å²) in [5.74, 6) is 0.0209. The molecular weight excluding hydrogens is 234 g/mol. The lowest BCUT2D eigenvalue weighted by Crippen LogP contribution is -2.35. The van der Waals surface area contributed by atoms with Crippen LogP contribution in [0.15, 0.2) is 18.2 Å². The summed E-state index contributed by atoms with van der Waals surface area (Å²) in [7, 11) is 1.49. The van der Waals surface area contributed by atoms with E-state index in [1.807, 2.05) is 6.92 Å². The molecule has 5 heteroatoms. The summed E-state index contributed by atoms with van der Waals surface area (Å²) in [6, 6.07) is 4.42. The molecule has 0 radical (unpaired) electrons. The number of aliphatic hydroxyl groups excluding tert-OH is 1. The number of phenols is 1. The highest BCUT2D eigenvalue weighted by atomic mass is 16.5. The van der Waals surface area contributed by atoms with Gasteiger partial charge in [0.1, 0.15) is 11.5 Å². The van der Waals surface area contributed by atoms with Gasteiger partial charge in [0.2, 0.25) is 0 Å². The number of benzene rings is 1. The minimum atomic E-state index is -0.351. The van der Waals surface area contributed by atoms with Crippen LogP contribution in [-0.2, 0) is 0 Å². The normalized spacial score (nSPS) is 11.9. The van der Waals surface area contributed by atoms with Crippen LogP contribution in [-0.4, -0.2) is 35.9 Å². The van der Waals surface area contributed by atoms with E-state index in [1.54, 1.807) is 6.07 Å². The summed E-state index contributed by atoms with van der Waals surface area (Å²) in [6.45, 7) is 1.95. The van der Waals surface area contributed by atoms with E-state index < -0.39 is 0 Å². The summed E-state index contributed by atoms with van der Waals surface area (Å²) in [5.41, 5.74) is 0.201. The molecule has 0 bridgehead atoms. The zero-order valence-electron chi connectivity index (χ0n) is 10.6. The number of nitrogens with one attached hydrogen (secondary N) is 1. The summed E-state index contributed by atoms with van der Waals surface area (Å²) in [5, 5.41) is 21.3. The van der Waals surface area contributed by atoms with Gasteiger partial charge in [0.25, 0.3) is 5.91 Å². The molecule has 100 valence electrons. The molecule has 0 saturated heterocycles. The third-order valence-electron chi connectivity index (χ3n) is 2.76. The van der Waals surface area contributed by atoms with Gasteiger partial charge in [0, 0.05) is 18.7 Å². The fourth-order valence-electron chi connectivity index (χ4n) is 1.63. The molecule has 0 saturated carbocycles. The maximum atomic E-state index is 11.9. The highest BCUT2D eigenvalue weighted by molar-refractivity contribution is 5.97. The van der Waals surface area contributed by atoms with Crippen LogP contribution in [0, 0.1) is 0 Å². The van der Waals surface area contributed by atoms with Gasteiger partial charge in [0.05, 0.1) is 12.7 Å². The SMILES string of the molecule is CCC(CCO)NC(=O)c1ccc(OC)cc1O. The van der Waals surface area contributed by atoms with E-state index in [4.69, 9.17) is 9.84 Å². The fourth-order valence-corrected chi connectivity index (χ4v) is 1.63. The lowest BCUT2D eigenvalue weighted by atomic mass is 10.1. The van der Waals surface area contributed by atoms with Gasteiger partial charge in [0.15, 0.2) is 0 Å². The van der Waals surface area contributed by atoms with Crippen LogP contribution < -0.4 is 10.1 Å². The number of methoxy groups -OCH3 is 1. The van der Waals surface area contributed by atoms with Crippen molar-refractivity contribution in [3.63, 3.8) is 0 Å². The van der Waals surface area contributed by atoms with Gasteiger partial charge in [-0.25, -0.2) is 0 Å². The average molecular weight is 253 g/mol. The zero-order chi connectivity index (χ0) is 13.5. The molecule has 0 aromatic heterocycles. The highest BCUT2D eigenvalue weighted by Crippen LogP contribution is 2.23. The van der Waals surface area contributed by atoms with E-state index in [1.165, 1.54) is 19.2 Å². The van der Waals surface area contributed by atoms with E-state index in [0.29, 0.717) is 12.2 Å². The number of aliphatic hydroxyl groups is 1. The van der Waals surface area contributed by atoms with Crippen LogP contribution in [0.5, 0.6) is 11.5 Å². The van der Waals surface area contributed by atoms with Crippen molar-refractivity contribution in [1.82, 2.24) is 5.32 Å². The molecule has 0 aliphatic carbocycles. The number of rotatable bonds is 6. The van der Waals surface area contributed by atoms with Crippen molar-refractivity contribution in [1.29, 1.82) is 0 Å². The lowest BCUT2D eigenvalue weighted by Gasteiger charge is -2.16. The highest BCUT2D eigenvalue weighted by Gasteiger charge is 2.15. The number of hydrogen-bond donors (Lipinski definition) is 3. The number of phenolic OH excluding ortho intramolecular Hbond substituents is 1. The van der Waals surface area contributed by atoms with Gasteiger partial charge >= 0.3 is 0 Å². The summed E-state index contributed by atoms with van der Waals surface area (Å²) >= 11 is 0. The van der Waals surface area contributed by atoms with Gasteiger partial charge in [-0.3, -0.25) is 4.79 Å². The van der Waals surface area contributed by atoms with Gasteiger partial charge < -0.3 is 20.3 Å². The molecule has 0 aliphatic heterocycles. The van der Waals surface area contributed by atoms with Crippen LogP contribution >= 0.6 is 0 Å². The second-order valence-electron chi connectivity index (χ2n) is 3.97. The number of hydrogen-bond acceptors (Lipinski definition) is 4. The number of carbonyl (C=O) groups excluding carboxylic acids is 1. The van der Waals surface area contributed by atoms with Crippen LogP contribution in [0.25, 0.3) is 0 Å². The summed E-state index contributed by atoms with van der Waals surface area (Å²) in [6.07, 6.45) is 1.22. The molecular formula is C13H19NO4. The van der Waals surface area contributed by atoms with Crippen LogP contribution in [0.1, 0.15) is 30.1 Å². The fraction of sp³-hybridized carbons (Fsp3) is 0.462. The van der Waals surface area contributed by atoms with Gasteiger partial charge in [-0.2, -0.15) is 0 Å². The Kier molecular flexibility index (Phi) is 5.45. The Labute approximate surface area is 106 Å². The predicted octanol–water partition coefficient (Wildman–Crippen LogP) is 1.29. The molecule has 18 heavy (non-hydrogen) atoms. The third-order valence-corrected chi connectivity index (χ3v) is 2.76. The molecule has 3 N–H and O–H groups in total. The Bertz CT molecular complexity index is 406. The monoisotopic (exact) mass is 253 g/mol. The Morgan fingerprint density at radius 2 is 2.22 bits per heavy atom. The molecule has 0 heterocycles. The van der Waals surface area contributed by atoms with Crippen molar-refractivity contribution in [2.45, 2.75) is 25.8 Å². The molecule has 1 aromatic rings. The maximum absolute atomic E-state index is 11.9. The molecule has 1 aromatic carbocycles. The van der Waals surface area contributed by atoms with E-state index in [2.05, 4.69) is 5.32 Å². The Hall–Kier alpha value is -1.75. The lowest BCUT2D eigenvalue weighted by molar-refractivity contribution is 0.0926. The standard InChI is InChI=1S/C13H19NO4/c1-3-9(6-7-15)14-13(17)11-5-4-10(18-2)8-12(11)16/h4-5,8-9,15-16H,3,6-7H2,1-2H3,(H,14,17). The number of aromatic hydroxyl groups is 1. The van der Waals surface area contributed by atoms with Crippen molar-refractivity contribution in [3.8, 4) is 11.5 Å². The second kappa shape index (κ2) is 6.86. The Morgan fingerprint density at radius 3 is 2.72 bits per heavy atom. The first kappa shape index (κ1) is 14.3. The van der Waals surface area contributed by atoms with Crippen molar-refractivity contribution < 1.29 is 19.7 Å². The van der Waals surface area contributed by atoms with E-state index in [0.717, 1.165) is 6.42 Å². The van der Waals surface area contributed by atoms with Crippen molar-refractivity contribution in [2.24, 2.45) is 0 Å². The minimum absolute atomic E-state index is 0.0212. The van der Waals surface area contributed by atoms with Crippen molar-refractivity contribution in [3.05, 3.63) is 23.8 Å². The quantitative estimate of drug-likeness (QED) is 0.714. The predicted molar refractivity (Wildman–Crippen MR) is 67.9 cm³/mol. The maximum Gasteiger partial charge on any atom is 0.255 e. The van der Waals surface area contributed by atoms with Gasteiger partial charge in [-0.05, 0) is 25.0 Å². The first-order valence-corrected chi connectivity index (χ1v) is 5.91. The molecule has 1 unspecified atom stereocenters. The topological polar surface area (TPSA) is 78.8 Å². The van der Waals surface area contributed by atoms with Crippen LogP contribution in [0.2, 0.25) is 0 Å². The number of amides is 1. The first-order chi connectivity index (χ1) is 8.62. The molecule has 0 spiro atoms. The molecule has 5 nitrogen and oxygen atoms in total. The van der Waals surface area contributed by atoms with Gasteiger partial charge in [-0.15, -0.1) is 0 Å². The van der Waals surface area contributed by atoms with E-state index >= 15 is 0 Å². The minimum Gasteiger partial charge on any atom is -0.507 e.